The maximum absolute atomic E-state index is 11.5. The first-order valence-corrected chi connectivity index (χ1v) is 9.60. The Kier molecular flexibility index (Phi) is 5.38. The molecule has 118 valence electrons. The van der Waals surface area contributed by atoms with Crippen LogP contribution in [0.4, 0.5) is 0 Å². The van der Waals surface area contributed by atoms with E-state index in [1.807, 2.05) is 24.3 Å². The normalized spacial score (nSPS) is 18.2. The van der Waals surface area contributed by atoms with Crippen molar-refractivity contribution in [1.82, 2.24) is 0 Å². The molecule has 0 spiro atoms. The lowest BCUT2D eigenvalue weighted by Crippen LogP contribution is -2.36. The molecule has 0 heterocycles. The van der Waals surface area contributed by atoms with E-state index in [2.05, 4.69) is 0 Å². The second-order valence-electron chi connectivity index (χ2n) is 5.68. The Morgan fingerprint density at radius 2 is 1.76 bits per heavy atom. The van der Waals surface area contributed by atoms with Crippen molar-refractivity contribution in [3.63, 3.8) is 0 Å². The first kappa shape index (κ1) is 16.4. The van der Waals surface area contributed by atoms with Crippen LogP contribution in [-0.2, 0) is 9.05 Å². The van der Waals surface area contributed by atoms with Gasteiger partial charge in [-0.2, -0.15) is 0 Å². The van der Waals surface area contributed by atoms with Gasteiger partial charge in [-0.05, 0) is 25.0 Å². The Bertz CT molecular complexity index is 565. The molecule has 1 aromatic carbocycles. The van der Waals surface area contributed by atoms with Crippen LogP contribution in [0.3, 0.4) is 0 Å². The minimum Gasteiger partial charge on any atom is -0.493 e. The van der Waals surface area contributed by atoms with Gasteiger partial charge in [-0.1, -0.05) is 31.4 Å². The molecular weight excluding hydrogens is 312 g/mol. The van der Waals surface area contributed by atoms with Crippen LogP contribution in [0.5, 0.6) is 11.5 Å². The quantitative estimate of drug-likeness (QED) is 0.747. The zero-order valence-corrected chi connectivity index (χ0v) is 13.8. The Morgan fingerprint density at radius 1 is 1.14 bits per heavy atom. The monoisotopic (exact) mass is 332 g/mol. The van der Waals surface area contributed by atoms with Crippen molar-refractivity contribution in [2.75, 3.05) is 19.5 Å². The van der Waals surface area contributed by atoms with E-state index in [9.17, 15) is 8.42 Å². The number of halogens is 1. The molecule has 21 heavy (non-hydrogen) atoms. The number of methoxy groups -OCH3 is 1. The summed E-state index contributed by atoms with van der Waals surface area (Å²) in [4.78, 5) is 0. The minimum absolute atomic E-state index is 0.0310. The van der Waals surface area contributed by atoms with Crippen molar-refractivity contribution in [3.8, 4) is 11.5 Å². The van der Waals surface area contributed by atoms with Crippen LogP contribution in [0.15, 0.2) is 24.3 Å². The number of hydrogen-bond acceptors (Lipinski definition) is 4. The summed E-state index contributed by atoms with van der Waals surface area (Å²) >= 11 is 0. The van der Waals surface area contributed by atoms with Gasteiger partial charge in [0.05, 0.1) is 19.5 Å². The maximum atomic E-state index is 11.5. The van der Waals surface area contributed by atoms with Crippen LogP contribution < -0.4 is 9.47 Å². The van der Waals surface area contributed by atoms with Crippen molar-refractivity contribution in [3.05, 3.63) is 24.3 Å². The smallest absolute Gasteiger partial charge is 0.233 e. The van der Waals surface area contributed by atoms with Gasteiger partial charge in [0.15, 0.2) is 11.5 Å². The molecule has 4 nitrogen and oxygen atoms in total. The predicted octanol–water partition coefficient (Wildman–Crippen LogP) is 3.59. The van der Waals surface area contributed by atoms with Gasteiger partial charge in [0.25, 0.3) is 0 Å². The highest BCUT2D eigenvalue weighted by Gasteiger charge is 2.37. The third-order valence-corrected chi connectivity index (χ3v) is 5.28. The molecular formula is C15H21ClO4S. The highest BCUT2D eigenvalue weighted by atomic mass is 35.7. The second kappa shape index (κ2) is 6.88. The summed E-state index contributed by atoms with van der Waals surface area (Å²) in [6.45, 7) is 0.347. The third kappa shape index (κ3) is 4.78. The molecule has 1 fully saturated rings. The Morgan fingerprint density at radius 3 is 2.33 bits per heavy atom. The molecule has 2 rings (SSSR count). The summed E-state index contributed by atoms with van der Waals surface area (Å²) in [6.07, 6.45) is 4.82. The molecule has 0 unspecified atom stereocenters. The van der Waals surface area contributed by atoms with E-state index in [4.69, 9.17) is 20.2 Å². The average molecular weight is 333 g/mol. The van der Waals surface area contributed by atoms with E-state index in [-0.39, 0.29) is 11.2 Å². The molecule has 1 aliphatic rings. The molecule has 0 N–H and O–H groups in total. The van der Waals surface area contributed by atoms with Crippen LogP contribution in [0.2, 0.25) is 0 Å². The first-order valence-electron chi connectivity index (χ1n) is 7.12. The minimum atomic E-state index is -3.54. The van der Waals surface area contributed by atoms with E-state index in [0.29, 0.717) is 18.1 Å². The summed E-state index contributed by atoms with van der Waals surface area (Å²) in [6, 6.07) is 7.38. The fourth-order valence-electron chi connectivity index (χ4n) is 2.97. The molecule has 0 atom stereocenters. The van der Waals surface area contributed by atoms with Crippen LogP contribution in [0.25, 0.3) is 0 Å². The van der Waals surface area contributed by atoms with Crippen LogP contribution in [0.1, 0.15) is 32.1 Å². The predicted molar refractivity (Wildman–Crippen MR) is 83.6 cm³/mol. The molecule has 1 aromatic rings. The van der Waals surface area contributed by atoms with Crippen molar-refractivity contribution < 1.29 is 17.9 Å². The molecule has 0 aromatic heterocycles. The summed E-state index contributed by atoms with van der Waals surface area (Å²) < 4.78 is 34.2. The highest BCUT2D eigenvalue weighted by Crippen LogP contribution is 2.39. The van der Waals surface area contributed by atoms with Gasteiger partial charge >= 0.3 is 0 Å². The molecule has 0 bridgehead atoms. The van der Waals surface area contributed by atoms with Crippen LogP contribution in [-0.4, -0.2) is 27.9 Å². The molecule has 0 saturated heterocycles. The average Bonchev–Trinajstić information content (AvgIpc) is 2.45. The lowest BCUT2D eigenvalue weighted by atomic mass is 9.76. The number of hydrogen-bond donors (Lipinski definition) is 0. The summed E-state index contributed by atoms with van der Waals surface area (Å²) in [5.41, 5.74) is -0.389. The van der Waals surface area contributed by atoms with Gasteiger partial charge in [-0.25, -0.2) is 8.42 Å². The van der Waals surface area contributed by atoms with Crippen molar-refractivity contribution in [1.29, 1.82) is 0 Å². The van der Waals surface area contributed by atoms with Gasteiger partial charge in [0.1, 0.15) is 0 Å². The van der Waals surface area contributed by atoms with Gasteiger partial charge in [0, 0.05) is 16.1 Å². The van der Waals surface area contributed by atoms with E-state index >= 15 is 0 Å². The standard InChI is InChI=1S/C15H21ClO4S/c1-19-13-7-3-4-8-14(13)20-11-15(12-21(16,17)18)9-5-2-6-10-15/h3-4,7-8H,2,5-6,9-12H2,1H3. The molecule has 6 heteroatoms. The zero-order chi connectivity index (χ0) is 15.3. The summed E-state index contributed by atoms with van der Waals surface area (Å²) in [5.74, 6) is 1.26. The largest absolute Gasteiger partial charge is 0.493 e. The second-order valence-corrected chi connectivity index (χ2v) is 8.46. The number of rotatable bonds is 6. The van der Waals surface area contributed by atoms with Crippen molar-refractivity contribution >= 4 is 19.7 Å². The van der Waals surface area contributed by atoms with E-state index in [0.717, 1.165) is 32.1 Å². The molecule has 1 saturated carbocycles. The molecule has 0 aliphatic heterocycles. The fraction of sp³-hybridized carbons (Fsp3) is 0.600. The summed E-state index contributed by atoms with van der Waals surface area (Å²) in [7, 11) is 3.53. The lowest BCUT2D eigenvalue weighted by molar-refractivity contribution is 0.116. The zero-order valence-electron chi connectivity index (χ0n) is 12.2. The van der Waals surface area contributed by atoms with Crippen molar-refractivity contribution in [2.24, 2.45) is 5.41 Å². The van der Waals surface area contributed by atoms with Gasteiger partial charge < -0.3 is 9.47 Å². The maximum Gasteiger partial charge on any atom is 0.233 e. The van der Waals surface area contributed by atoms with Gasteiger partial charge in [-0.15, -0.1) is 0 Å². The number of para-hydroxylation sites is 2. The highest BCUT2D eigenvalue weighted by molar-refractivity contribution is 8.13. The third-order valence-electron chi connectivity index (χ3n) is 4.00. The Hall–Kier alpha value is -0.940. The number of ether oxygens (including phenoxy) is 2. The molecule has 1 aliphatic carbocycles. The molecule has 0 amide bonds. The summed E-state index contributed by atoms with van der Waals surface area (Å²) in [5, 5.41) is 0. The SMILES string of the molecule is COc1ccccc1OCC1(CS(=O)(=O)Cl)CCCCC1. The van der Waals surface area contributed by atoms with Gasteiger partial charge in [0.2, 0.25) is 9.05 Å². The molecule has 0 radical (unpaired) electrons. The lowest BCUT2D eigenvalue weighted by Gasteiger charge is -2.36. The van der Waals surface area contributed by atoms with E-state index in [1.54, 1.807) is 7.11 Å². The van der Waals surface area contributed by atoms with E-state index in [1.165, 1.54) is 0 Å². The fourth-order valence-corrected chi connectivity index (χ4v) is 4.76. The first-order chi connectivity index (χ1) is 9.94. The van der Waals surface area contributed by atoms with Crippen LogP contribution in [0, 0.1) is 5.41 Å². The Balaban J connectivity index is 2.12. The van der Waals surface area contributed by atoms with Gasteiger partial charge in [-0.3, -0.25) is 0 Å². The van der Waals surface area contributed by atoms with Crippen LogP contribution >= 0.6 is 10.7 Å². The Labute approximate surface area is 130 Å². The topological polar surface area (TPSA) is 52.6 Å². The van der Waals surface area contributed by atoms with E-state index < -0.39 is 9.05 Å². The van der Waals surface area contributed by atoms with Crippen molar-refractivity contribution in [2.45, 2.75) is 32.1 Å². The number of benzene rings is 1.